The van der Waals surface area contributed by atoms with E-state index in [9.17, 15) is 19.5 Å². The number of carbonyl (C=O) groups is 3. The van der Waals surface area contributed by atoms with Crippen molar-refractivity contribution in [3.63, 3.8) is 0 Å². The molecule has 0 bridgehead atoms. The Morgan fingerprint density at radius 1 is 0.820 bits per heavy atom. The van der Waals surface area contributed by atoms with Crippen molar-refractivity contribution in [3.8, 4) is 5.88 Å². The molecule has 0 fully saturated rings. The second-order valence-electron chi connectivity index (χ2n) is 12.2. The summed E-state index contributed by atoms with van der Waals surface area (Å²) in [6, 6.07) is 32.8. The summed E-state index contributed by atoms with van der Waals surface area (Å²) < 4.78 is 6.86. The number of pyridine rings is 1. The van der Waals surface area contributed by atoms with E-state index < -0.39 is 47.9 Å². The van der Waals surface area contributed by atoms with E-state index in [4.69, 9.17) is 30.1 Å². The molecule has 0 aliphatic rings. The Hall–Kier alpha value is -4.88. The molecule has 1 heterocycles. The van der Waals surface area contributed by atoms with E-state index in [2.05, 4.69) is 69.4 Å². The lowest BCUT2D eigenvalue weighted by molar-refractivity contribution is -0.170. The molecule has 5 rings (SSSR count). The topological polar surface area (TPSA) is 178 Å². The van der Waals surface area contributed by atoms with E-state index in [0.717, 1.165) is 42.8 Å². The minimum absolute atomic E-state index is 0.426. The first kappa shape index (κ1) is 37.9. The fraction of sp³-hybridized carbons (Fsp3) is 0.263. The molecule has 5 aromatic rings. The summed E-state index contributed by atoms with van der Waals surface area (Å²) in [6.07, 6.45) is -1.77. The Labute approximate surface area is 297 Å². The molecule has 5 N–H and O–H groups in total. The van der Waals surface area contributed by atoms with Gasteiger partial charge in [0.25, 0.3) is 0 Å². The quantitative estimate of drug-likeness (QED) is 0.0972. The number of hydrogen-bond donors (Lipinski definition) is 5. The number of carboxylic acid groups (broad SMARTS) is 3. The largest absolute Gasteiger partial charge is 0.481 e. The van der Waals surface area contributed by atoms with Gasteiger partial charge < -0.3 is 35.2 Å². The van der Waals surface area contributed by atoms with Crippen LogP contribution < -0.4 is 4.74 Å². The molecule has 0 saturated heterocycles. The number of hydrogen-bond acceptors (Lipinski definition) is 8. The summed E-state index contributed by atoms with van der Waals surface area (Å²) >= 11 is 3.60. The Balaban J connectivity index is 0.000000369. The number of aliphatic hydroxyl groups is 2. The molecule has 4 aromatic carbocycles. The maximum atomic E-state index is 13.0. The third kappa shape index (κ3) is 8.82. The second-order valence-corrected chi connectivity index (χ2v) is 13.2. The van der Waals surface area contributed by atoms with E-state index >= 15 is 0 Å². The van der Waals surface area contributed by atoms with Crippen molar-refractivity contribution in [3.05, 3.63) is 118 Å². The highest BCUT2D eigenvalue weighted by molar-refractivity contribution is 9.10. The van der Waals surface area contributed by atoms with Crippen LogP contribution in [0.4, 0.5) is 0 Å². The summed E-state index contributed by atoms with van der Waals surface area (Å²) in [6.45, 7) is 0.706. The smallest absolute Gasteiger partial charge is 0.336 e. The molecule has 0 radical (unpaired) electrons. The lowest BCUT2D eigenvalue weighted by Gasteiger charge is -2.39. The Morgan fingerprint density at radius 3 is 2.04 bits per heavy atom. The summed E-state index contributed by atoms with van der Waals surface area (Å²) in [5, 5.41) is 50.0. The van der Waals surface area contributed by atoms with Crippen molar-refractivity contribution in [2.45, 2.75) is 36.4 Å². The lowest BCUT2D eigenvalue weighted by Crippen LogP contribution is -2.42. The van der Waals surface area contributed by atoms with Gasteiger partial charge in [-0.25, -0.2) is 9.78 Å². The number of aliphatic carboxylic acids is 3. The fourth-order valence-corrected chi connectivity index (χ4v) is 6.40. The van der Waals surface area contributed by atoms with Gasteiger partial charge in [0.05, 0.1) is 25.5 Å². The van der Waals surface area contributed by atoms with Gasteiger partial charge in [0.1, 0.15) is 5.60 Å². The number of benzene rings is 4. The van der Waals surface area contributed by atoms with Gasteiger partial charge in [-0.2, -0.15) is 0 Å². The van der Waals surface area contributed by atoms with Crippen LogP contribution in [0.1, 0.15) is 41.9 Å². The molecule has 262 valence electrons. The number of halogens is 1. The summed E-state index contributed by atoms with van der Waals surface area (Å²) in [5.74, 6) is -4.92. The highest BCUT2D eigenvalue weighted by atomic mass is 79.9. The van der Waals surface area contributed by atoms with Crippen molar-refractivity contribution in [2.24, 2.45) is 0 Å². The van der Waals surface area contributed by atoms with Crippen LogP contribution in [0, 0.1) is 0 Å². The van der Waals surface area contributed by atoms with E-state index in [-0.39, 0.29) is 0 Å². The van der Waals surface area contributed by atoms with E-state index in [0.29, 0.717) is 18.8 Å². The molecule has 1 aromatic heterocycles. The highest BCUT2D eigenvalue weighted by Crippen LogP contribution is 2.49. The Morgan fingerprint density at radius 2 is 1.44 bits per heavy atom. The van der Waals surface area contributed by atoms with Gasteiger partial charge in [-0.05, 0) is 66.7 Å². The van der Waals surface area contributed by atoms with Crippen LogP contribution in [0.15, 0.2) is 102 Å². The molecule has 0 aliphatic carbocycles. The number of ether oxygens (including phenoxy) is 1. The number of nitrogens with zero attached hydrogens (tertiary/aromatic N) is 2. The Kier molecular flexibility index (Phi) is 12.3. The van der Waals surface area contributed by atoms with E-state index in [1.165, 1.54) is 0 Å². The fourth-order valence-electron chi connectivity index (χ4n) is 6.02. The lowest BCUT2D eigenvalue weighted by atomic mass is 9.70. The molecule has 0 spiro atoms. The molecular formula is C38H39BrN2O9. The van der Waals surface area contributed by atoms with Gasteiger partial charge in [-0.1, -0.05) is 88.7 Å². The molecule has 12 heteroatoms. The van der Waals surface area contributed by atoms with Crippen LogP contribution in [0.2, 0.25) is 0 Å². The Bertz CT molecular complexity index is 1970. The monoisotopic (exact) mass is 746 g/mol. The average Bonchev–Trinajstić information content (AvgIpc) is 3.07. The first-order chi connectivity index (χ1) is 23.7. The zero-order chi connectivity index (χ0) is 36.6. The predicted octanol–water partition coefficient (Wildman–Crippen LogP) is 5.88. The molecule has 11 nitrogen and oxygen atoms in total. The number of fused-ring (bicyclic) bond motifs is 2. The zero-order valence-electron chi connectivity index (χ0n) is 27.8. The first-order valence-corrected chi connectivity index (χ1v) is 16.4. The third-order valence-electron chi connectivity index (χ3n) is 8.37. The van der Waals surface area contributed by atoms with E-state index in [1.54, 1.807) is 7.11 Å². The van der Waals surface area contributed by atoms with Gasteiger partial charge >= 0.3 is 17.9 Å². The van der Waals surface area contributed by atoms with Gasteiger partial charge in [0, 0.05) is 27.9 Å². The molecule has 0 aliphatic heterocycles. The highest BCUT2D eigenvalue weighted by Gasteiger charge is 2.43. The van der Waals surface area contributed by atoms with Crippen molar-refractivity contribution < 1.29 is 44.7 Å². The molecule has 0 unspecified atom stereocenters. The van der Waals surface area contributed by atoms with Crippen molar-refractivity contribution in [1.82, 2.24) is 9.88 Å². The van der Waals surface area contributed by atoms with Crippen molar-refractivity contribution in [1.29, 1.82) is 0 Å². The summed E-state index contributed by atoms with van der Waals surface area (Å²) in [7, 11) is 5.73. The second kappa shape index (κ2) is 16.2. The van der Waals surface area contributed by atoms with Crippen molar-refractivity contribution in [2.75, 3.05) is 27.7 Å². The molecule has 50 heavy (non-hydrogen) atoms. The van der Waals surface area contributed by atoms with Crippen LogP contribution in [0.3, 0.4) is 0 Å². The van der Waals surface area contributed by atoms with Gasteiger partial charge in [0.2, 0.25) is 5.88 Å². The standard InChI is InChI=1S/C32H31BrN2O2.C6H8O7/c1-35(2)19-18-32(36,28-15-9-13-22-10-7-8-14-26(22)28)30(23-11-5-4-6-12-23)27-21-24-20-25(33)16-17-29(24)34-31(27)37-3;7-3(8)1-6(13,5(11)12)2-4(9)10/h4-17,20-21,30,36H,18-19H2,1-3H3;13H,1-2H2,(H,7,8)(H,9,10)(H,11,12)/t30-,32-;/m1./s1. The van der Waals surface area contributed by atoms with Crippen LogP contribution >= 0.6 is 15.9 Å². The zero-order valence-corrected chi connectivity index (χ0v) is 29.4. The predicted molar refractivity (Wildman–Crippen MR) is 192 cm³/mol. The van der Waals surface area contributed by atoms with E-state index in [1.807, 2.05) is 62.6 Å². The number of methoxy groups -OCH3 is 1. The van der Waals surface area contributed by atoms with Crippen LogP contribution in [0.25, 0.3) is 21.7 Å². The minimum atomic E-state index is -2.74. The van der Waals surface area contributed by atoms with Gasteiger partial charge in [-0.3, -0.25) is 9.59 Å². The maximum Gasteiger partial charge on any atom is 0.336 e. The first-order valence-electron chi connectivity index (χ1n) is 15.6. The number of aromatic nitrogens is 1. The summed E-state index contributed by atoms with van der Waals surface area (Å²) in [5.41, 5.74) is -0.381. The van der Waals surface area contributed by atoms with Gasteiger partial charge in [-0.15, -0.1) is 0 Å². The molecular weight excluding hydrogens is 708 g/mol. The summed E-state index contributed by atoms with van der Waals surface area (Å²) in [4.78, 5) is 37.5. The average molecular weight is 748 g/mol. The molecule has 2 atom stereocenters. The van der Waals surface area contributed by atoms with Crippen LogP contribution in [-0.4, -0.2) is 86.7 Å². The number of carboxylic acids is 3. The molecule has 0 saturated carbocycles. The molecule has 0 amide bonds. The van der Waals surface area contributed by atoms with Crippen molar-refractivity contribution >= 4 is 55.5 Å². The SMILES string of the molecule is COc1nc2ccc(Br)cc2cc1[C@@H](c1ccccc1)[C@@](O)(CCN(C)C)c1cccc2ccccc12.O=C(O)CC(O)(CC(=O)O)C(=O)O. The normalized spacial score (nSPS) is 13.3. The van der Waals surface area contributed by atoms with Gasteiger partial charge in [0.15, 0.2) is 5.60 Å². The third-order valence-corrected chi connectivity index (χ3v) is 8.86. The van der Waals surface area contributed by atoms with Crippen LogP contribution in [0.5, 0.6) is 5.88 Å². The van der Waals surface area contributed by atoms with Crippen LogP contribution in [-0.2, 0) is 20.0 Å². The maximum absolute atomic E-state index is 13.0. The minimum Gasteiger partial charge on any atom is -0.481 e. The number of rotatable bonds is 13.